The Morgan fingerprint density at radius 3 is 2.52 bits per heavy atom. The number of carboxylic acids is 1. The van der Waals surface area contributed by atoms with E-state index >= 15 is 0 Å². The van der Waals surface area contributed by atoms with Gasteiger partial charge in [0, 0.05) is 27.1 Å². The number of carbonyl (C=O) groups is 2. The Kier molecular flexibility index (Phi) is 7.32. The number of aliphatic carboxylic acids is 1. The van der Waals surface area contributed by atoms with Crippen LogP contribution in [-0.4, -0.2) is 70.2 Å². The summed E-state index contributed by atoms with van der Waals surface area (Å²) in [7, 11) is 4.44. The summed E-state index contributed by atoms with van der Waals surface area (Å²) in [5, 5.41) is 24.6. The van der Waals surface area contributed by atoms with Crippen LogP contribution in [0.2, 0.25) is 0 Å². The molecule has 2 amide bonds. The maximum atomic E-state index is 12.4. The van der Waals surface area contributed by atoms with Crippen molar-refractivity contribution < 1.29 is 24.5 Å². The van der Waals surface area contributed by atoms with Crippen LogP contribution in [-0.2, 0) is 18.3 Å². The van der Waals surface area contributed by atoms with Crippen LogP contribution >= 0.6 is 0 Å². The normalized spacial score (nSPS) is 11.6. The molecule has 3 N–H and O–H groups in total. The topological polar surface area (TPSA) is 134 Å². The number of carbonyl (C=O) groups excluding carboxylic acids is 1. The number of hydrogen-bond donors (Lipinski definition) is 3. The Balaban J connectivity index is 2.21. The van der Waals surface area contributed by atoms with E-state index in [9.17, 15) is 19.5 Å². The highest BCUT2D eigenvalue weighted by molar-refractivity contribution is 5.82. The molecule has 0 radical (unpaired) electrons. The van der Waals surface area contributed by atoms with E-state index in [0.29, 0.717) is 22.4 Å². The van der Waals surface area contributed by atoms with Crippen molar-refractivity contribution in [2.75, 3.05) is 27.3 Å². The van der Waals surface area contributed by atoms with Gasteiger partial charge in [0.05, 0.1) is 25.5 Å². The first-order valence-electron chi connectivity index (χ1n) is 8.83. The Hall–Kier alpha value is -3.40. The number of methoxy groups -OCH3 is 1. The summed E-state index contributed by atoms with van der Waals surface area (Å²) in [5.41, 5.74) is 1.30. The maximum Gasteiger partial charge on any atom is 0.326 e. The van der Waals surface area contributed by atoms with Gasteiger partial charge < -0.3 is 25.2 Å². The van der Waals surface area contributed by atoms with Gasteiger partial charge in [0.2, 0.25) is 0 Å². The monoisotopic (exact) mass is 404 g/mol. The average Bonchev–Trinajstić information content (AvgIpc) is 2.70. The third-order valence-corrected chi connectivity index (χ3v) is 4.38. The molecule has 0 bridgehead atoms. The number of benzene rings is 1. The van der Waals surface area contributed by atoms with E-state index in [-0.39, 0.29) is 25.1 Å². The molecule has 156 valence electrons. The van der Waals surface area contributed by atoms with Gasteiger partial charge >= 0.3 is 12.0 Å². The van der Waals surface area contributed by atoms with Crippen molar-refractivity contribution in [1.82, 2.24) is 20.0 Å². The molecule has 29 heavy (non-hydrogen) atoms. The van der Waals surface area contributed by atoms with Crippen LogP contribution in [0.15, 0.2) is 35.3 Å². The summed E-state index contributed by atoms with van der Waals surface area (Å²) in [4.78, 5) is 37.1. The van der Waals surface area contributed by atoms with E-state index in [1.807, 2.05) is 0 Å². The van der Waals surface area contributed by atoms with Crippen LogP contribution in [0.3, 0.4) is 0 Å². The summed E-state index contributed by atoms with van der Waals surface area (Å²) in [6.07, 6.45) is 1.50. The number of likely N-dealkylation sites (N-methyl/N-ethyl adjacent to an activating group) is 1. The molecular formula is C19H24N4O6. The number of hydrogen-bond acceptors (Lipinski definition) is 6. The minimum absolute atomic E-state index is 0.0554. The van der Waals surface area contributed by atoms with Gasteiger partial charge in [0.15, 0.2) is 5.75 Å². The first-order valence-corrected chi connectivity index (χ1v) is 8.83. The van der Waals surface area contributed by atoms with Crippen molar-refractivity contribution in [3.05, 3.63) is 46.4 Å². The molecule has 0 saturated carbocycles. The van der Waals surface area contributed by atoms with Crippen molar-refractivity contribution in [3.63, 3.8) is 0 Å². The zero-order valence-corrected chi connectivity index (χ0v) is 16.5. The third-order valence-electron chi connectivity index (χ3n) is 4.38. The predicted octanol–water partition coefficient (Wildman–Crippen LogP) is 0.0853. The van der Waals surface area contributed by atoms with Gasteiger partial charge in [-0.1, -0.05) is 24.3 Å². The second-order valence-electron chi connectivity index (χ2n) is 6.40. The summed E-state index contributed by atoms with van der Waals surface area (Å²) in [6, 6.07) is 5.02. The van der Waals surface area contributed by atoms with E-state index in [1.165, 1.54) is 37.0 Å². The molecule has 0 aliphatic heterocycles. The molecule has 0 unspecified atom stereocenters. The minimum atomic E-state index is -1.18. The van der Waals surface area contributed by atoms with Gasteiger partial charge in [0.25, 0.3) is 5.56 Å². The molecule has 1 aromatic carbocycles. The van der Waals surface area contributed by atoms with Crippen molar-refractivity contribution in [3.8, 4) is 16.9 Å². The zero-order valence-electron chi connectivity index (χ0n) is 16.5. The number of amides is 2. The average molecular weight is 404 g/mol. The van der Waals surface area contributed by atoms with Crippen molar-refractivity contribution in [1.29, 1.82) is 0 Å². The largest absolute Gasteiger partial charge is 0.494 e. The number of aliphatic hydroxyl groups is 1. The number of carboxylic acid groups (broad SMARTS) is 1. The fourth-order valence-electron chi connectivity index (χ4n) is 2.70. The quantitative estimate of drug-likeness (QED) is 0.567. The molecule has 10 heteroatoms. The van der Waals surface area contributed by atoms with Crippen molar-refractivity contribution in [2.24, 2.45) is 7.05 Å². The van der Waals surface area contributed by atoms with Gasteiger partial charge in [-0.3, -0.25) is 4.79 Å². The first kappa shape index (κ1) is 21.9. The molecule has 0 aliphatic carbocycles. The SMILES string of the molecule is COc1cnn(C)c(=O)c1-c1ccc(C[C@H](NC(=O)N(C)CCO)C(=O)O)cc1. The lowest BCUT2D eigenvalue weighted by atomic mass is 10.0. The lowest BCUT2D eigenvalue weighted by molar-refractivity contribution is -0.139. The van der Waals surface area contributed by atoms with Crippen LogP contribution in [0, 0.1) is 0 Å². The highest BCUT2D eigenvalue weighted by atomic mass is 16.5. The molecular weight excluding hydrogens is 380 g/mol. The van der Waals surface area contributed by atoms with Crippen LogP contribution in [0.25, 0.3) is 11.1 Å². The van der Waals surface area contributed by atoms with E-state index < -0.39 is 18.0 Å². The van der Waals surface area contributed by atoms with Crippen LogP contribution in [0.4, 0.5) is 4.79 Å². The van der Waals surface area contributed by atoms with Gasteiger partial charge in [0.1, 0.15) is 6.04 Å². The Bertz CT molecular complexity index is 925. The lowest BCUT2D eigenvalue weighted by Crippen LogP contribution is -2.48. The molecule has 0 aliphatic rings. The summed E-state index contributed by atoms with van der Waals surface area (Å²) < 4.78 is 6.42. The number of rotatable bonds is 8. The smallest absolute Gasteiger partial charge is 0.326 e. The number of nitrogens with zero attached hydrogens (tertiary/aromatic N) is 3. The molecule has 0 fully saturated rings. The van der Waals surface area contributed by atoms with E-state index in [1.54, 1.807) is 24.3 Å². The third kappa shape index (κ3) is 5.32. The summed E-state index contributed by atoms with van der Waals surface area (Å²) in [6.45, 7) is -0.128. The molecule has 10 nitrogen and oxygen atoms in total. The second kappa shape index (κ2) is 9.69. The molecule has 1 aromatic heterocycles. The lowest BCUT2D eigenvalue weighted by Gasteiger charge is -2.20. The molecule has 0 spiro atoms. The second-order valence-corrected chi connectivity index (χ2v) is 6.40. The van der Waals surface area contributed by atoms with E-state index in [4.69, 9.17) is 9.84 Å². The molecule has 2 rings (SSSR count). The van der Waals surface area contributed by atoms with Crippen molar-refractivity contribution >= 4 is 12.0 Å². The number of aromatic nitrogens is 2. The number of ether oxygens (including phenoxy) is 1. The maximum absolute atomic E-state index is 12.4. The fourth-order valence-corrected chi connectivity index (χ4v) is 2.70. The fraction of sp³-hybridized carbons (Fsp3) is 0.368. The Labute approximate surface area is 167 Å². The van der Waals surface area contributed by atoms with Crippen LogP contribution < -0.4 is 15.6 Å². The number of nitrogens with one attached hydrogen (secondary N) is 1. The summed E-state index contributed by atoms with van der Waals surface area (Å²) >= 11 is 0. The zero-order chi connectivity index (χ0) is 21.6. The first-order chi connectivity index (χ1) is 13.8. The standard InChI is InChI=1S/C19H24N4O6/c1-22(8-9-24)19(28)21-14(18(26)27)10-12-4-6-13(7-5-12)16-15(29-3)11-20-23(2)17(16)25/h4-7,11,14,24H,8-10H2,1-3H3,(H,21,28)(H,26,27)/t14-/m0/s1. The predicted molar refractivity (Wildman–Crippen MR) is 105 cm³/mol. The van der Waals surface area contributed by atoms with Crippen LogP contribution in [0.5, 0.6) is 5.75 Å². The highest BCUT2D eigenvalue weighted by Gasteiger charge is 2.22. The van der Waals surface area contributed by atoms with Crippen molar-refractivity contribution in [2.45, 2.75) is 12.5 Å². The van der Waals surface area contributed by atoms with Gasteiger partial charge in [-0.15, -0.1) is 0 Å². The number of aryl methyl sites for hydroxylation is 1. The molecule has 0 saturated heterocycles. The molecule has 1 heterocycles. The summed E-state index contributed by atoms with van der Waals surface area (Å²) in [5.74, 6) is -0.840. The van der Waals surface area contributed by atoms with Gasteiger partial charge in [-0.2, -0.15) is 5.10 Å². The number of aliphatic hydroxyl groups excluding tert-OH is 1. The Morgan fingerprint density at radius 2 is 1.97 bits per heavy atom. The molecule has 2 aromatic rings. The van der Waals surface area contributed by atoms with Gasteiger partial charge in [-0.05, 0) is 11.1 Å². The minimum Gasteiger partial charge on any atom is -0.494 e. The molecule has 1 atom stereocenters. The van der Waals surface area contributed by atoms with Crippen LogP contribution in [0.1, 0.15) is 5.56 Å². The van der Waals surface area contributed by atoms with E-state index in [0.717, 1.165) is 0 Å². The van der Waals surface area contributed by atoms with Gasteiger partial charge in [-0.25, -0.2) is 14.3 Å². The highest BCUT2D eigenvalue weighted by Crippen LogP contribution is 2.25. The number of urea groups is 1. The van der Waals surface area contributed by atoms with E-state index in [2.05, 4.69) is 10.4 Å². The Morgan fingerprint density at radius 1 is 1.31 bits per heavy atom.